The van der Waals surface area contributed by atoms with Crippen LogP contribution in [0.15, 0.2) is 42.6 Å². The fraction of sp³-hybridized carbons (Fsp3) is 0.133. The molecule has 2 amide bonds. The average Bonchev–Trinajstić information content (AvgIpc) is 2.50. The van der Waals surface area contributed by atoms with Crippen molar-refractivity contribution in [3.63, 3.8) is 0 Å². The van der Waals surface area contributed by atoms with Crippen molar-refractivity contribution in [1.82, 2.24) is 4.98 Å². The molecule has 6 nitrogen and oxygen atoms in total. The molecule has 22 heavy (non-hydrogen) atoms. The maximum Gasteiger partial charge on any atom is 0.258 e. The molecule has 0 radical (unpaired) electrons. The predicted molar refractivity (Wildman–Crippen MR) is 84.1 cm³/mol. The van der Waals surface area contributed by atoms with Crippen LogP contribution in [0.4, 0.5) is 11.5 Å². The summed E-state index contributed by atoms with van der Waals surface area (Å²) in [6, 6.07) is 9.88. The van der Waals surface area contributed by atoms with E-state index >= 15 is 0 Å². The van der Waals surface area contributed by atoms with Crippen LogP contribution in [-0.2, 0) is 9.53 Å². The Hall–Kier alpha value is -2.44. The first-order chi connectivity index (χ1) is 10.6. The second-order valence-corrected chi connectivity index (χ2v) is 4.78. The van der Waals surface area contributed by atoms with Gasteiger partial charge in [-0.2, -0.15) is 0 Å². The summed E-state index contributed by atoms with van der Waals surface area (Å²) in [5.41, 5.74) is 0.722. The van der Waals surface area contributed by atoms with E-state index in [2.05, 4.69) is 15.6 Å². The van der Waals surface area contributed by atoms with Crippen LogP contribution in [0, 0.1) is 0 Å². The molecule has 0 saturated carbocycles. The van der Waals surface area contributed by atoms with Crippen molar-refractivity contribution in [1.29, 1.82) is 0 Å². The van der Waals surface area contributed by atoms with Crippen molar-refractivity contribution >= 4 is 34.9 Å². The minimum absolute atomic E-state index is 0.0886. The van der Waals surface area contributed by atoms with E-state index < -0.39 is 0 Å². The molecule has 1 aromatic heterocycles. The van der Waals surface area contributed by atoms with E-state index in [0.29, 0.717) is 22.1 Å². The van der Waals surface area contributed by atoms with Crippen LogP contribution in [0.2, 0.25) is 5.02 Å². The van der Waals surface area contributed by atoms with Gasteiger partial charge in [0.2, 0.25) is 5.91 Å². The normalized spacial score (nSPS) is 10.1. The monoisotopic (exact) mass is 319 g/mol. The molecule has 0 bridgehead atoms. The number of para-hydroxylation sites is 1. The van der Waals surface area contributed by atoms with Gasteiger partial charge in [0.05, 0.1) is 16.3 Å². The minimum Gasteiger partial charge on any atom is -0.375 e. The molecule has 2 N–H and O–H groups in total. The van der Waals surface area contributed by atoms with Crippen LogP contribution in [0.1, 0.15) is 10.4 Å². The fourth-order valence-electron chi connectivity index (χ4n) is 1.74. The summed E-state index contributed by atoms with van der Waals surface area (Å²) in [7, 11) is 1.42. The molecule has 114 valence electrons. The Morgan fingerprint density at radius 1 is 1.18 bits per heavy atom. The number of anilines is 2. The number of hydrogen-bond donors (Lipinski definition) is 2. The van der Waals surface area contributed by atoms with Gasteiger partial charge in [0.25, 0.3) is 5.91 Å². The lowest BCUT2D eigenvalue weighted by Crippen LogP contribution is -2.21. The molecular formula is C15H14ClN3O3. The first kappa shape index (κ1) is 15.9. The van der Waals surface area contributed by atoms with Gasteiger partial charge in [-0.25, -0.2) is 4.98 Å². The van der Waals surface area contributed by atoms with Gasteiger partial charge in [-0.1, -0.05) is 23.7 Å². The molecule has 7 heteroatoms. The Bertz CT molecular complexity index is 674. The topological polar surface area (TPSA) is 80.3 Å². The number of hydrogen-bond acceptors (Lipinski definition) is 4. The summed E-state index contributed by atoms with van der Waals surface area (Å²) in [4.78, 5) is 27.9. The third kappa shape index (κ3) is 4.28. The van der Waals surface area contributed by atoms with E-state index in [0.717, 1.165) is 0 Å². The van der Waals surface area contributed by atoms with Crippen molar-refractivity contribution in [2.45, 2.75) is 0 Å². The highest BCUT2D eigenvalue weighted by molar-refractivity contribution is 6.30. The van der Waals surface area contributed by atoms with Gasteiger partial charge >= 0.3 is 0 Å². The molecule has 2 aromatic rings. The van der Waals surface area contributed by atoms with E-state index in [-0.39, 0.29) is 18.4 Å². The van der Waals surface area contributed by atoms with Gasteiger partial charge in [0.1, 0.15) is 12.4 Å². The summed E-state index contributed by atoms with van der Waals surface area (Å²) in [5, 5.41) is 5.74. The Balaban J connectivity index is 2.15. The number of carbonyl (C=O) groups is 2. The third-order valence-electron chi connectivity index (χ3n) is 2.69. The molecule has 0 atom stereocenters. The van der Waals surface area contributed by atoms with Crippen molar-refractivity contribution in [2.24, 2.45) is 0 Å². The highest BCUT2D eigenvalue weighted by Crippen LogP contribution is 2.17. The summed E-state index contributed by atoms with van der Waals surface area (Å²) in [5.74, 6) is -0.358. The highest BCUT2D eigenvalue weighted by atomic mass is 35.5. The molecule has 1 aromatic carbocycles. The van der Waals surface area contributed by atoms with Gasteiger partial charge in [-0.3, -0.25) is 9.59 Å². The summed E-state index contributed by atoms with van der Waals surface area (Å²) < 4.78 is 4.75. The number of rotatable bonds is 5. The quantitative estimate of drug-likeness (QED) is 0.887. The molecule has 0 saturated heterocycles. The Kier molecular flexibility index (Phi) is 5.46. The fourth-order valence-corrected chi connectivity index (χ4v) is 1.85. The number of carbonyl (C=O) groups excluding carboxylic acids is 2. The molecule has 0 unspecified atom stereocenters. The number of benzene rings is 1. The molecule has 0 aliphatic carbocycles. The number of pyridine rings is 1. The van der Waals surface area contributed by atoms with Crippen LogP contribution in [0.25, 0.3) is 0 Å². The van der Waals surface area contributed by atoms with Crippen LogP contribution >= 0.6 is 11.6 Å². The molecule has 2 rings (SSSR count). The maximum absolute atomic E-state index is 12.3. The lowest BCUT2D eigenvalue weighted by atomic mass is 10.1. The van der Waals surface area contributed by atoms with Gasteiger partial charge < -0.3 is 15.4 Å². The van der Waals surface area contributed by atoms with Crippen LogP contribution in [0.3, 0.4) is 0 Å². The number of halogens is 1. The van der Waals surface area contributed by atoms with Crippen molar-refractivity contribution in [2.75, 3.05) is 24.4 Å². The smallest absolute Gasteiger partial charge is 0.258 e. The van der Waals surface area contributed by atoms with Crippen molar-refractivity contribution < 1.29 is 14.3 Å². The van der Waals surface area contributed by atoms with E-state index in [1.54, 1.807) is 36.4 Å². The molecule has 1 heterocycles. The zero-order valence-electron chi connectivity index (χ0n) is 11.8. The van der Waals surface area contributed by atoms with Gasteiger partial charge in [0.15, 0.2) is 0 Å². The number of aromatic nitrogens is 1. The summed E-state index contributed by atoms with van der Waals surface area (Å²) >= 11 is 5.74. The number of methoxy groups -OCH3 is 1. The second kappa shape index (κ2) is 7.53. The number of ether oxygens (including phenoxy) is 1. The molecule has 0 aliphatic heterocycles. The molecule has 0 spiro atoms. The summed E-state index contributed by atoms with van der Waals surface area (Å²) in [6.07, 6.45) is 1.43. The first-order valence-corrected chi connectivity index (χ1v) is 6.78. The minimum atomic E-state index is -0.386. The first-order valence-electron chi connectivity index (χ1n) is 6.41. The van der Waals surface area contributed by atoms with Crippen LogP contribution < -0.4 is 10.6 Å². The van der Waals surface area contributed by atoms with Gasteiger partial charge in [0, 0.05) is 13.3 Å². The van der Waals surface area contributed by atoms with Gasteiger partial charge in [-0.15, -0.1) is 0 Å². The summed E-state index contributed by atoms with van der Waals surface area (Å²) in [6.45, 7) is -0.0886. The van der Waals surface area contributed by atoms with Crippen LogP contribution in [0.5, 0.6) is 0 Å². The average molecular weight is 320 g/mol. The number of amides is 2. The molecular weight excluding hydrogens is 306 g/mol. The maximum atomic E-state index is 12.3. The number of nitrogens with one attached hydrogen (secondary N) is 2. The van der Waals surface area contributed by atoms with E-state index in [4.69, 9.17) is 16.3 Å². The van der Waals surface area contributed by atoms with Crippen molar-refractivity contribution in [3.05, 3.63) is 53.2 Å². The lowest BCUT2D eigenvalue weighted by molar-refractivity contribution is -0.119. The highest BCUT2D eigenvalue weighted by Gasteiger charge is 2.13. The largest absolute Gasteiger partial charge is 0.375 e. The Labute approximate surface area is 132 Å². The van der Waals surface area contributed by atoms with Gasteiger partial charge in [-0.05, 0) is 24.3 Å². The zero-order valence-corrected chi connectivity index (χ0v) is 12.6. The molecule has 0 aliphatic rings. The lowest BCUT2D eigenvalue weighted by Gasteiger charge is -2.11. The van der Waals surface area contributed by atoms with E-state index in [1.807, 2.05) is 0 Å². The second-order valence-electron chi connectivity index (χ2n) is 4.34. The van der Waals surface area contributed by atoms with Crippen molar-refractivity contribution in [3.8, 4) is 0 Å². The van der Waals surface area contributed by atoms with E-state index in [1.165, 1.54) is 13.3 Å². The Morgan fingerprint density at radius 3 is 2.64 bits per heavy atom. The van der Waals surface area contributed by atoms with Crippen LogP contribution in [-0.4, -0.2) is 30.5 Å². The molecule has 0 fully saturated rings. The zero-order chi connectivity index (χ0) is 15.9. The number of nitrogens with zero attached hydrogens (tertiary/aromatic N) is 1. The third-order valence-corrected chi connectivity index (χ3v) is 2.91. The predicted octanol–water partition coefficient (Wildman–Crippen LogP) is 2.57. The standard InChI is InChI=1S/C15H14ClN3O3/c1-22-9-14(20)18-12-5-3-2-4-11(12)15(21)19-13-7-6-10(16)8-17-13/h2-8H,9H2,1H3,(H,18,20)(H,17,19,21). The SMILES string of the molecule is COCC(=O)Nc1ccccc1C(=O)Nc1ccc(Cl)cn1. The van der Waals surface area contributed by atoms with E-state index in [9.17, 15) is 9.59 Å². The Morgan fingerprint density at radius 2 is 1.95 bits per heavy atom.